The molecule has 0 bridgehead atoms. The fourth-order valence-corrected chi connectivity index (χ4v) is 3.32. The standard InChI is InChI=1S/C21H21N5O4/c1-2-30-17-10-8-16(9-11-17)24-12-13-25-19(28)20(29)26(23-21(24)25)14-18(27)22-15-6-4-3-5-7-15/h3-11H,2,12-14H2,1H3,(H,22,27). The van der Waals surface area contributed by atoms with Crippen LogP contribution >= 0.6 is 0 Å². The second-order valence-electron chi connectivity index (χ2n) is 6.71. The highest BCUT2D eigenvalue weighted by Gasteiger charge is 2.26. The first-order valence-electron chi connectivity index (χ1n) is 9.64. The van der Waals surface area contributed by atoms with Gasteiger partial charge in [0.1, 0.15) is 12.3 Å². The van der Waals surface area contributed by atoms with Crippen LogP contribution in [0.4, 0.5) is 17.3 Å². The summed E-state index contributed by atoms with van der Waals surface area (Å²) in [6.45, 7) is 2.97. The smallest absolute Gasteiger partial charge is 0.333 e. The van der Waals surface area contributed by atoms with Crippen molar-refractivity contribution < 1.29 is 9.53 Å². The number of amides is 1. The summed E-state index contributed by atoms with van der Waals surface area (Å²) in [4.78, 5) is 39.2. The molecule has 1 N–H and O–H groups in total. The molecule has 2 aromatic carbocycles. The summed E-state index contributed by atoms with van der Waals surface area (Å²) in [5.41, 5.74) is -0.101. The zero-order valence-corrected chi connectivity index (χ0v) is 16.4. The number of nitrogens with zero attached hydrogens (tertiary/aromatic N) is 4. The molecule has 9 nitrogen and oxygen atoms in total. The highest BCUT2D eigenvalue weighted by molar-refractivity contribution is 5.90. The predicted octanol–water partition coefficient (Wildman–Crippen LogP) is 1.59. The first kappa shape index (κ1) is 19.4. The maximum absolute atomic E-state index is 12.5. The summed E-state index contributed by atoms with van der Waals surface area (Å²) in [6, 6.07) is 16.3. The lowest BCUT2D eigenvalue weighted by Crippen LogP contribution is -2.44. The molecule has 1 aromatic heterocycles. The topological polar surface area (TPSA) is 98.5 Å². The van der Waals surface area contributed by atoms with E-state index < -0.39 is 17.0 Å². The number of fused-ring (bicyclic) bond motifs is 1. The van der Waals surface area contributed by atoms with E-state index >= 15 is 0 Å². The summed E-state index contributed by atoms with van der Waals surface area (Å²) in [6.07, 6.45) is 0. The summed E-state index contributed by atoms with van der Waals surface area (Å²) in [5, 5.41) is 7.00. The van der Waals surface area contributed by atoms with Gasteiger partial charge in [0, 0.05) is 24.5 Å². The van der Waals surface area contributed by atoms with Crippen molar-refractivity contribution in [2.24, 2.45) is 0 Å². The fraction of sp³-hybridized carbons (Fsp3) is 0.238. The van der Waals surface area contributed by atoms with Gasteiger partial charge in [-0.05, 0) is 43.3 Å². The maximum atomic E-state index is 12.5. The Labute approximate surface area is 172 Å². The van der Waals surface area contributed by atoms with Crippen molar-refractivity contribution >= 4 is 23.2 Å². The second kappa shape index (κ2) is 8.24. The van der Waals surface area contributed by atoms with Crippen molar-refractivity contribution in [2.75, 3.05) is 23.4 Å². The van der Waals surface area contributed by atoms with Gasteiger partial charge >= 0.3 is 11.1 Å². The number of nitrogens with one attached hydrogen (secondary N) is 1. The maximum Gasteiger partial charge on any atom is 0.333 e. The minimum absolute atomic E-state index is 0.330. The van der Waals surface area contributed by atoms with E-state index in [1.54, 1.807) is 24.3 Å². The van der Waals surface area contributed by atoms with E-state index in [2.05, 4.69) is 10.4 Å². The van der Waals surface area contributed by atoms with Crippen LogP contribution in [-0.4, -0.2) is 33.4 Å². The number of hydrogen-bond acceptors (Lipinski definition) is 6. The van der Waals surface area contributed by atoms with E-state index in [0.717, 1.165) is 16.1 Å². The number of aromatic nitrogens is 3. The van der Waals surface area contributed by atoms with Crippen molar-refractivity contribution in [3.05, 3.63) is 75.3 Å². The second-order valence-corrected chi connectivity index (χ2v) is 6.71. The third-order valence-electron chi connectivity index (χ3n) is 4.71. The van der Waals surface area contributed by atoms with Crippen molar-refractivity contribution in [1.82, 2.24) is 14.3 Å². The van der Waals surface area contributed by atoms with Gasteiger partial charge in [-0.3, -0.25) is 19.0 Å². The van der Waals surface area contributed by atoms with Crippen LogP contribution in [0.15, 0.2) is 64.2 Å². The van der Waals surface area contributed by atoms with Crippen molar-refractivity contribution in [3.8, 4) is 5.75 Å². The minimum atomic E-state index is -0.824. The van der Waals surface area contributed by atoms with E-state index in [1.165, 1.54) is 4.57 Å². The van der Waals surface area contributed by atoms with Crippen molar-refractivity contribution in [3.63, 3.8) is 0 Å². The molecule has 0 atom stereocenters. The Bertz CT molecular complexity index is 1170. The third kappa shape index (κ3) is 3.82. The molecule has 0 radical (unpaired) electrons. The van der Waals surface area contributed by atoms with Gasteiger partial charge in [0.15, 0.2) is 0 Å². The molecule has 9 heteroatoms. The van der Waals surface area contributed by atoms with E-state index in [0.29, 0.717) is 31.3 Å². The highest BCUT2D eigenvalue weighted by atomic mass is 16.5. The largest absolute Gasteiger partial charge is 0.494 e. The molecule has 0 fully saturated rings. The van der Waals surface area contributed by atoms with Crippen LogP contribution in [0.3, 0.4) is 0 Å². The molecule has 154 valence electrons. The molecule has 0 saturated heterocycles. The third-order valence-corrected chi connectivity index (χ3v) is 4.71. The molecule has 1 amide bonds. The molecule has 4 rings (SSSR count). The monoisotopic (exact) mass is 407 g/mol. The Morgan fingerprint density at radius 1 is 1.03 bits per heavy atom. The molecule has 3 aromatic rings. The molecule has 1 aliphatic heterocycles. The molecular weight excluding hydrogens is 386 g/mol. The quantitative estimate of drug-likeness (QED) is 0.623. The van der Waals surface area contributed by atoms with Crippen LogP contribution in [0.5, 0.6) is 5.75 Å². The predicted molar refractivity (Wildman–Crippen MR) is 112 cm³/mol. The van der Waals surface area contributed by atoms with Crippen LogP contribution in [-0.2, 0) is 17.9 Å². The molecule has 0 aliphatic carbocycles. The lowest BCUT2D eigenvalue weighted by Gasteiger charge is -2.18. The SMILES string of the molecule is CCOc1ccc(N2CCn3c2nn(CC(=O)Nc2ccccc2)c(=O)c3=O)cc1. The van der Waals surface area contributed by atoms with Crippen LogP contribution < -0.4 is 26.1 Å². The van der Waals surface area contributed by atoms with Gasteiger partial charge in [0.05, 0.1) is 6.61 Å². The number of rotatable bonds is 6. The summed E-state index contributed by atoms with van der Waals surface area (Å²) < 4.78 is 7.71. The first-order chi connectivity index (χ1) is 14.6. The number of benzene rings is 2. The molecule has 0 unspecified atom stereocenters. The zero-order valence-electron chi connectivity index (χ0n) is 16.4. The van der Waals surface area contributed by atoms with Crippen LogP contribution in [0.25, 0.3) is 0 Å². The van der Waals surface area contributed by atoms with Gasteiger partial charge in [0.2, 0.25) is 11.9 Å². The molecule has 0 spiro atoms. The summed E-state index contributed by atoms with van der Waals surface area (Å²) >= 11 is 0. The van der Waals surface area contributed by atoms with E-state index in [-0.39, 0.29) is 6.54 Å². The van der Waals surface area contributed by atoms with Gasteiger partial charge in [-0.1, -0.05) is 18.2 Å². The van der Waals surface area contributed by atoms with Gasteiger partial charge < -0.3 is 15.0 Å². The average molecular weight is 407 g/mol. The number of carbonyl (C=O) groups excluding carboxylic acids is 1. The van der Waals surface area contributed by atoms with Crippen LogP contribution in [0.2, 0.25) is 0 Å². The highest BCUT2D eigenvalue weighted by Crippen LogP contribution is 2.28. The fourth-order valence-electron chi connectivity index (χ4n) is 3.32. The Morgan fingerprint density at radius 3 is 2.47 bits per heavy atom. The van der Waals surface area contributed by atoms with E-state index in [9.17, 15) is 14.4 Å². The Hall–Kier alpha value is -3.88. The zero-order chi connectivity index (χ0) is 21.1. The van der Waals surface area contributed by atoms with E-state index in [1.807, 2.05) is 42.2 Å². The van der Waals surface area contributed by atoms with Gasteiger partial charge in [-0.25, -0.2) is 4.68 Å². The Kier molecular flexibility index (Phi) is 5.34. The lowest BCUT2D eigenvalue weighted by molar-refractivity contribution is -0.117. The van der Waals surface area contributed by atoms with Crippen molar-refractivity contribution in [2.45, 2.75) is 20.0 Å². The Balaban J connectivity index is 1.61. The molecule has 1 aliphatic rings. The number of ether oxygens (including phenoxy) is 1. The average Bonchev–Trinajstić information content (AvgIpc) is 3.17. The van der Waals surface area contributed by atoms with Gasteiger partial charge in [-0.15, -0.1) is 5.10 Å². The van der Waals surface area contributed by atoms with Crippen LogP contribution in [0.1, 0.15) is 6.92 Å². The number of hydrogen-bond donors (Lipinski definition) is 1. The number of para-hydroxylation sites is 1. The Morgan fingerprint density at radius 2 is 1.77 bits per heavy atom. The summed E-state index contributed by atoms with van der Waals surface area (Å²) in [7, 11) is 0. The number of anilines is 3. The van der Waals surface area contributed by atoms with Gasteiger partial charge in [-0.2, -0.15) is 0 Å². The summed E-state index contributed by atoms with van der Waals surface area (Å²) in [5.74, 6) is 0.635. The molecule has 30 heavy (non-hydrogen) atoms. The van der Waals surface area contributed by atoms with Crippen LogP contribution in [0, 0.1) is 0 Å². The first-order valence-corrected chi connectivity index (χ1v) is 9.64. The molecule has 0 saturated carbocycles. The van der Waals surface area contributed by atoms with E-state index in [4.69, 9.17) is 4.74 Å². The molecule has 2 heterocycles. The molecular formula is C21H21N5O4. The van der Waals surface area contributed by atoms with Crippen molar-refractivity contribution in [1.29, 1.82) is 0 Å². The van der Waals surface area contributed by atoms with Gasteiger partial charge in [0.25, 0.3) is 0 Å². The minimum Gasteiger partial charge on any atom is -0.494 e. The lowest BCUT2D eigenvalue weighted by atomic mass is 10.3. The normalized spacial score (nSPS) is 12.5. The number of carbonyl (C=O) groups is 1.